The number of nitrogens with two attached hydrogens (primary N) is 2. The predicted molar refractivity (Wildman–Crippen MR) is 131 cm³/mol. The van der Waals surface area contributed by atoms with Crippen LogP contribution in [0.1, 0.15) is 18.4 Å². The van der Waals surface area contributed by atoms with Crippen LogP contribution in [-0.2, 0) is 16.0 Å². The molecule has 2 aliphatic heterocycles. The zero-order valence-corrected chi connectivity index (χ0v) is 19.0. The third-order valence-corrected chi connectivity index (χ3v) is 6.85. The first-order chi connectivity index (χ1) is 16.5. The lowest BCUT2D eigenvalue weighted by Crippen LogP contribution is -2.53. The van der Waals surface area contributed by atoms with E-state index in [-0.39, 0.29) is 11.7 Å². The fourth-order valence-corrected chi connectivity index (χ4v) is 4.85. The normalized spacial score (nSPS) is 16.9. The van der Waals surface area contributed by atoms with E-state index in [0.717, 1.165) is 43.5 Å². The van der Waals surface area contributed by atoms with Crippen molar-refractivity contribution in [1.82, 2.24) is 9.88 Å². The number of benzene rings is 2. The van der Waals surface area contributed by atoms with Crippen molar-refractivity contribution in [2.24, 2.45) is 11.8 Å². The maximum atomic E-state index is 14.5. The fraction of sp³-hybridized carbons (Fsp3) is 0.333. The van der Waals surface area contributed by atoms with Crippen LogP contribution in [0.5, 0.6) is 0 Å². The van der Waals surface area contributed by atoms with Crippen molar-refractivity contribution in [3.63, 3.8) is 0 Å². The summed E-state index contributed by atoms with van der Waals surface area (Å²) >= 11 is 0. The lowest BCUT2D eigenvalue weighted by atomic mass is 9.89. The molecule has 7 heteroatoms. The average molecular weight is 461 g/mol. The van der Waals surface area contributed by atoms with Gasteiger partial charge in [-0.05, 0) is 60.6 Å². The molecule has 1 aromatic heterocycles. The van der Waals surface area contributed by atoms with E-state index in [1.807, 2.05) is 11.0 Å². The molecular weight excluding hydrogens is 431 g/mol. The van der Waals surface area contributed by atoms with Crippen LogP contribution in [0.4, 0.5) is 15.9 Å². The van der Waals surface area contributed by atoms with Gasteiger partial charge in [-0.1, -0.05) is 24.3 Å². The number of rotatable bonds is 5. The summed E-state index contributed by atoms with van der Waals surface area (Å²) in [4.78, 5) is 18.9. The maximum Gasteiger partial charge on any atom is 0.225 e. The number of aromatic nitrogens is 1. The Labute approximate surface area is 198 Å². The van der Waals surface area contributed by atoms with Crippen LogP contribution < -0.4 is 11.5 Å². The predicted octanol–water partition coefficient (Wildman–Crippen LogP) is 4.15. The van der Waals surface area contributed by atoms with Gasteiger partial charge >= 0.3 is 0 Å². The van der Waals surface area contributed by atoms with Crippen molar-refractivity contribution in [2.45, 2.75) is 19.3 Å². The van der Waals surface area contributed by atoms with Gasteiger partial charge in [-0.15, -0.1) is 0 Å². The van der Waals surface area contributed by atoms with E-state index < -0.39 is 5.82 Å². The zero-order valence-electron chi connectivity index (χ0n) is 19.0. The molecule has 2 aliphatic rings. The average Bonchev–Trinajstić information content (AvgIpc) is 2.82. The Morgan fingerprint density at radius 2 is 1.74 bits per heavy atom. The van der Waals surface area contributed by atoms with Crippen LogP contribution in [0.3, 0.4) is 0 Å². The molecule has 0 atom stereocenters. The van der Waals surface area contributed by atoms with Crippen molar-refractivity contribution in [3.05, 3.63) is 66.1 Å². The van der Waals surface area contributed by atoms with Gasteiger partial charge in [0, 0.05) is 60.8 Å². The quantitative estimate of drug-likeness (QED) is 0.558. The van der Waals surface area contributed by atoms with Gasteiger partial charge in [0.15, 0.2) is 0 Å². The monoisotopic (exact) mass is 460 g/mol. The lowest BCUT2D eigenvalue weighted by molar-refractivity contribution is -0.145. The lowest BCUT2D eigenvalue weighted by Gasteiger charge is -2.41. The van der Waals surface area contributed by atoms with Gasteiger partial charge in [0.1, 0.15) is 11.6 Å². The first kappa shape index (κ1) is 22.3. The Bertz CT molecular complexity index is 1190. The van der Waals surface area contributed by atoms with Crippen LogP contribution in [0.25, 0.3) is 22.3 Å². The summed E-state index contributed by atoms with van der Waals surface area (Å²) in [5.41, 5.74) is 16.1. The Hall–Kier alpha value is -3.45. The molecule has 0 bridgehead atoms. The number of halogens is 1. The topological polar surface area (TPSA) is 94.5 Å². The first-order valence-corrected chi connectivity index (χ1v) is 11.7. The summed E-state index contributed by atoms with van der Waals surface area (Å²) in [6, 6.07) is 14.7. The number of ether oxygens (including phenoxy) is 1. The number of anilines is 2. The highest BCUT2D eigenvalue weighted by atomic mass is 19.1. The highest BCUT2D eigenvalue weighted by molar-refractivity contribution is 5.80. The summed E-state index contributed by atoms with van der Waals surface area (Å²) < 4.78 is 19.8. The van der Waals surface area contributed by atoms with Gasteiger partial charge in [0.25, 0.3) is 0 Å². The van der Waals surface area contributed by atoms with Crippen LogP contribution in [-0.4, -0.2) is 42.1 Å². The molecule has 2 aromatic carbocycles. The molecule has 2 fully saturated rings. The van der Waals surface area contributed by atoms with Crippen molar-refractivity contribution in [2.75, 3.05) is 37.8 Å². The van der Waals surface area contributed by atoms with Crippen molar-refractivity contribution in [1.29, 1.82) is 0 Å². The summed E-state index contributed by atoms with van der Waals surface area (Å²) in [5.74, 6) is 0.765. The Morgan fingerprint density at radius 1 is 1.00 bits per heavy atom. The molecule has 176 valence electrons. The van der Waals surface area contributed by atoms with E-state index in [1.54, 1.807) is 18.3 Å². The van der Waals surface area contributed by atoms with Crippen molar-refractivity contribution in [3.8, 4) is 22.3 Å². The Morgan fingerprint density at radius 3 is 2.44 bits per heavy atom. The van der Waals surface area contributed by atoms with Crippen molar-refractivity contribution >= 4 is 17.4 Å². The van der Waals surface area contributed by atoms with Gasteiger partial charge in [0.2, 0.25) is 5.91 Å². The second-order valence-electron chi connectivity index (χ2n) is 9.29. The third kappa shape index (κ3) is 4.61. The zero-order chi connectivity index (χ0) is 23.7. The van der Waals surface area contributed by atoms with Gasteiger partial charge in [-0.25, -0.2) is 9.37 Å². The second kappa shape index (κ2) is 9.43. The number of likely N-dealkylation sites (tertiary alicyclic amines) is 1. The number of carbonyl (C=O) groups excluding carboxylic acids is 1. The summed E-state index contributed by atoms with van der Waals surface area (Å²) in [6.45, 7) is 3.05. The number of carbonyl (C=O) groups is 1. The van der Waals surface area contributed by atoms with Gasteiger partial charge in [-0.3, -0.25) is 4.79 Å². The molecule has 2 saturated heterocycles. The third-order valence-electron chi connectivity index (χ3n) is 6.85. The molecule has 0 spiro atoms. The maximum absolute atomic E-state index is 14.5. The molecule has 0 aliphatic carbocycles. The molecule has 0 radical (unpaired) electrons. The summed E-state index contributed by atoms with van der Waals surface area (Å²) in [7, 11) is 0. The van der Waals surface area contributed by atoms with E-state index >= 15 is 0 Å². The van der Waals surface area contributed by atoms with E-state index in [0.29, 0.717) is 41.9 Å². The minimum absolute atomic E-state index is 0.133. The fourth-order valence-electron chi connectivity index (χ4n) is 4.85. The molecule has 1 amide bonds. The van der Waals surface area contributed by atoms with E-state index in [4.69, 9.17) is 16.2 Å². The number of pyridine rings is 1. The van der Waals surface area contributed by atoms with Crippen LogP contribution in [0.15, 0.2) is 54.7 Å². The van der Waals surface area contributed by atoms with Crippen LogP contribution >= 0.6 is 0 Å². The molecule has 4 N–H and O–H groups in total. The molecule has 6 nitrogen and oxygen atoms in total. The van der Waals surface area contributed by atoms with Crippen molar-refractivity contribution < 1.29 is 13.9 Å². The summed E-state index contributed by atoms with van der Waals surface area (Å²) in [6.07, 6.45) is 4.33. The largest absolute Gasteiger partial charge is 0.399 e. The molecule has 0 unspecified atom stereocenters. The molecule has 3 heterocycles. The number of amides is 1. The minimum atomic E-state index is -0.425. The Balaban J connectivity index is 1.23. The van der Waals surface area contributed by atoms with E-state index in [9.17, 15) is 9.18 Å². The van der Waals surface area contributed by atoms with Gasteiger partial charge in [0.05, 0.1) is 0 Å². The smallest absolute Gasteiger partial charge is 0.225 e. The minimum Gasteiger partial charge on any atom is -0.399 e. The highest BCUT2D eigenvalue weighted by Gasteiger charge is 2.34. The first-order valence-electron chi connectivity index (χ1n) is 11.7. The number of nitrogens with zero attached hydrogens (tertiary/aromatic N) is 2. The molecule has 34 heavy (non-hydrogen) atoms. The number of hydrogen-bond acceptors (Lipinski definition) is 5. The van der Waals surface area contributed by atoms with E-state index in [1.165, 1.54) is 11.6 Å². The van der Waals surface area contributed by atoms with Gasteiger partial charge in [-0.2, -0.15) is 0 Å². The molecule has 5 rings (SSSR count). The molecular formula is C27H29FN4O2. The van der Waals surface area contributed by atoms with E-state index in [2.05, 4.69) is 29.2 Å². The highest BCUT2D eigenvalue weighted by Crippen LogP contribution is 2.32. The molecule has 3 aromatic rings. The summed E-state index contributed by atoms with van der Waals surface area (Å²) in [5, 5.41) is 0. The molecule has 0 saturated carbocycles. The number of nitrogen functional groups attached to an aromatic ring is 2. The second-order valence-corrected chi connectivity index (χ2v) is 9.29. The van der Waals surface area contributed by atoms with Crippen LogP contribution in [0.2, 0.25) is 0 Å². The van der Waals surface area contributed by atoms with Crippen LogP contribution in [0, 0.1) is 17.7 Å². The number of hydrogen-bond donors (Lipinski definition) is 2. The van der Waals surface area contributed by atoms with Gasteiger partial charge < -0.3 is 21.1 Å². The SMILES string of the molecule is Nc1ccc(-c2cc(-c3ccc(CC4CN(C(=O)C5CCOCC5)C4)cc3)cnc2N)c(F)c1. The standard InChI is InChI=1S/C27H29FN4O2/c28-25-13-22(29)5-6-23(25)24-12-21(14-31-26(24)30)19-3-1-17(2-4-19)11-18-15-32(16-18)27(33)20-7-9-34-10-8-20/h1-6,12-14,18,20H,7-11,15-16,29H2,(H2,30,31). The Kier molecular flexibility index (Phi) is 6.20.